The first-order valence-electron chi connectivity index (χ1n) is 3.46. The molecule has 10 heavy (non-hydrogen) atoms. The van der Waals surface area contributed by atoms with Crippen LogP contribution in [0.1, 0.15) is 20.3 Å². The normalized spacial score (nSPS) is 16.0. The standard InChI is InChI=1S/C7H15NOS/c1-4-5(2)6(8)7(10)9-3/h5-6H,4,8H2,1-3H3. The fraction of sp³-hybridized carbons (Fsp3) is 0.857. The topological polar surface area (TPSA) is 35.2 Å². The minimum absolute atomic E-state index is 0.0926. The van der Waals surface area contributed by atoms with Crippen LogP contribution in [0, 0.1) is 5.92 Å². The van der Waals surface area contributed by atoms with E-state index in [1.165, 1.54) is 0 Å². The van der Waals surface area contributed by atoms with E-state index in [0.29, 0.717) is 11.0 Å². The lowest BCUT2D eigenvalue weighted by atomic mass is 10.0. The van der Waals surface area contributed by atoms with Gasteiger partial charge < -0.3 is 10.5 Å². The zero-order valence-electron chi connectivity index (χ0n) is 6.76. The molecule has 0 rings (SSSR count). The number of thiocarbonyl (C=S) groups is 1. The molecule has 0 aliphatic rings. The first-order chi connectivity index (χ1) is 4.63. The summed E-state index contributed by atoms with van der Waals surface area (Å²) in [6, 6.07) is -0.0926. The van der Waals surface area contributed by atoms with Gasteiger partial charge in [0.2, 0.25) is 0 Å². The summed E-state index contributed by atoms with van der Waals surface area (Å²) in [6.07, 6.45) is 1.03. The van der Waals surface area contributed by atoms with Crippen LogP contribution in [0.15, 0.2) is 0 Å². The summed E-state index contributed by atoms with van der Waals surface area (Å²) in [5.74, 6) is 0.410. The molecule has 0 amide bonds. The molecule has 0 saturated heterocycles. The van der Waals surface area contributed by atoms with E-state index in [1.807, 2.05) is 0 Å². The Labute approximate surface area is 67.7 Å². The molecule has 2 nitrogen and oxygen atoms in total. The summed E-state index contributed by atoms with van der Waals surface area (Å²) < 4.78 is 4.84. The maximum atomic E-state index is 5.72. The lowest BCUT2D eigenvalue weighted by molar-refractivity contribution is 0.369. The molecule has 3 heteroatoms. The van der Waals surface area contributed by atoms with Crippen molar-refractivity contribution in [2.75, 3.05) is 7.11 Å². The molecule has 0 fully saturated rings. The zero-order valence-corrected chi connectivity index (χ0v) is 7.57. The van der Waals surface area contributed by atoms with Crippen molar-refractivity contribution in [1.82, 2.24) is 0 Å². The molecule has 0 aromatic carbocycles. The SMILES string of the molecule is CCC(C)C(N)C(=S)OC. The lowest BCUT2D eigenvalue weighted by Gasteiger charge is -2.17. The van der Waals surface area contributed by atoms with E-state index in [0.717, 1.165) is 6.42 Å². The van der Waals surface area contributed by atoms with Crippen LogP contribution in [-0.4, -0.2) is 18.2 Å². The van der Waals surface area contributed by atoms with E-state index in [4.69, 9.17) is 22.7 Å². The monoisotopic (exact) mass is 161 g/mol. The largest absolute Gasteiger partial charge is 0.489 e. The third-order valence-corrected chi connectivity index (χ3v) is 2.17. The molecule has 2 unspecified atom stereocenters. The fourth-order valence-electron chi connectivity index (χ4n) is 0.622. The highest BCUT2D eigenvalue weighted by atomic mass is 32.1. The van der Waals surface area contributed by atoms with Crippen LogP contribution >= 0.6 is 12.2 Å². The van der Waals surface area contributed by atoms with Crippen LogP contribution in [-0.2, 0) is 4.74 Å². The van der Waals surface area contributed by atoms with Crippen LogP contribution in [0.4, 0.5) is 0 Å². The summed E-state index contributed by atoms with van der Waals surface area (Å²) in [5.41, 5.74) is 5.72. The van der Waals surface area contributed by atoms with Crippen molar-refractivity contribution in [3.8, 4) is 0 Å². The van der Waals surface area contributed by atoms with E-state index in [-0.39, 0.29) is 6.04 Å². The summed E-state index contributed by atoms with van der Waals surface area (Å²) in [5, 5.41) is 0.509. The van der Waals surface area contributed by atoms with Gasteiger partial charge in [0.05, 0.1) is 13.2 Å². The van der Waals surface area contributed by atoms with Gasteiger partial charge in [-0.1, -0.05) is 20.3 Å². The number of rotatable bonds is 3. The van der Waals surface area contributed by atoms with Gasteiger partial charge in [0, 0.05) is 0 Å². The minimum atomic E-state index is -0.0926. The van der Waals surface area contributed by atoms with Gasteiger partial charge in [-0.15, -0.1) is 0 Å². The summed E-state index contributed by atoms with van der Waals surface area (Å²) in [6.45, 7) is 4.15. The van der Waals surface area contributed by atoms with Crippen LogP contribution in [0.5, 0.6) is 0 Å². The Morgan fingerprint density at radius 2 is 2.20 bits per heavy atom. The minimum Gasteiger partial charge on any atom is -0.489 e. The van der Waals surface area contributed by atoms with Gasteiger partial charge >= 0.3 is 0 Å². The highest BCUT2D eigenvalue weighted by molar-refractivity contribution is 7.80. The first-order valence-corrected chi connectivity index (χ1v) is 3.87. The lowest BCUT2D eigenvalue weighted by Crippen LogP contribution is -2.36. The van der Waals surface area contributed by atoms with Crippen molar-refractivity contribution in [3.63, 3.8) is 0 Å². The summed E-state index contributed by atoms with van der Waals surface area (Å²) in [7, 11) is 1.56. The number of ether oxygens (including phenoxy) is 1. The Kier molecular flexibility index (Phi) is 4.56. The maximum absolute atomic E-state index is 5.72. The first kappa shape index (κ1) is 9.85. The Morgan fingerprint density at radius 3 is 2.50 bits per heavy atom. The molecule has 0 aliphatic heterocycles. The van der Waals surface area contributed by atoms with Gasteiger partial charge in [-0.05, 0) is 18.1 Å². The van der Waals surface area contributed by atoms with Crippen molar-refractivity contribution < 1.29 is 4.74 Å². The van der Waals surface area contributed by atoms with Crippen molar-refractivity contribution >= 4 is 17.3 Å². The second-order valence-corrected chi connectivity index (χ2v) is 2.84. The zero-order chi connectivity index (χ0) is 8.15. The average molecular weight is 161 g/mol. The molecule has 0 radical (unpaired) electrons. The number of hydrogen-bond acceptors (Lipinski definition) is 3. The maximum Gasteiger partial charge on any atom is 0.176 e. The summed E-state index contributed by atoms with van der Waals surface area (Å²) >= 11 is 4.87. The van der Waals surface area contributed by atoms with Gasteiger partial charge in [0.1, 0.15) is 0 Å². The highest BCUT2D eigenvalue weighted by Crippen LogP contribution is 2.06. The van der Waals surface area contributed by atoms with E-state index in [1.54, 1.807) is 7.11 Å². The van der Waals surface area contributed by atoms with E-state index in [2.05, 4.69) is 13.8 Å². The molecule has 2 atom stereocenters. The fourth-order valence-corrected chi connectivity index (χ4v) is 0.855. The number of hydrogen-bond donors (Lipinski definition) is 1. The molecular formula is C7H15NOS. The Balaban J connectivity index is 3.81. The molecule has 0 aromatic heterocycles. The van der Waals surface area contributed by atoms with Crippen LogP contribution in [0.2, 0.25) is 0 Å². The Morgan fingerprint density at radius 1 is 1.70 bits per heavy atom. The molecule has 0 heterocycles. The van der Waals surface area contributed by atoms with E-state index in [9.17, 15) is 0 Å². The Hall–Kier alpha value is -0.150. The molecule has 0 saturated carbocycles. The molecule has 60 valence electrons. The number of nitrogens with two attached hydrogens (primary N) is 1. The third-order valence-electron chi connectivity index (χ3n) is 1.73. The molecule has 2 N–H and O–H groups in total. The average Bonchev–Trinajstić information content (AvgIpc) is 2.00. The van der Waals surface area contributed by atoms with Crippen LogP contribution in [0.25, 0.3) is 0 Å². The summed E-state index contributed by atoms with van der Waals surface area (Å²) in [4.78, 5) is 0. The number of methoxy groups -OCH3 is 1. The molecular weight excluding hydrogens is 146 g/mol. The van der Waals surface area contributed by atoms with E-state index >= 15 is 0 Å². The van der Waals surface area contributed by atoms with Crippen molar-refractivity contribution in [3.05, 3.63) is 0 Å². The highest BCUT2D eigenvalue weighted by Gasteiger charge is 2.15. The van der Waals surface area contributed by atoms with Crippen molar-refractivity contribution in [2.24, 2.45) is 11.7 Å². The Bertz CT molecular complexity index is 116. The molecule has 0 bridgehead atoms. The predicted molar refractivity (Wildman–Crippen MR) is 47.0 cm³/mol. The predicted octanol–water partition coefficient (Wildman–Crippen LogP) is 1.33. The molecule has 0 aromatic rings. The molecule has 0 spiro atoms. The van der Waals surface area contributed by atoms with Gasteiger partial charge in [0.15, 0.2) is 5.05 Å². The second-order valence-electron chi connectivity index (χ2n) is 2.43. The third kappa shape index (κ3) is 2.62. The van der Waals surface area contributed by atoms with Crippen molar-refractivity contribution in [2.45, 2.75) is 26.3 Å². The van der Waals surface area contributed by atoms with Gasteiger partial charge in [0.25, 0.3) is 0 Å². The van der Waals surface area contributed by atoms with Gasteiger partial charge in [-0.2, -0.15) is 0 Å². The molecule has 0 aliphatic carbocycles. The van der Waals surface area contributed by atoms with Gasteiger partial charge in [-0.3, -0.25) is 0 Å². The van der Waals surface area contributed by atoms with Crippen molar-refractivity contribution in [1.29, 1.82) is 0 Å². The van der Waals surface area contributed by atoms with Gasteiger partial charge in [-0.25, -0.2) is 0 Å². The van der Waals surface area contributed by atoms with Crippen LogP contribution in [0.3, 0.4) is 0 Å². The second kappa shape index (κ2) is 4.63. The van der Waals surface area contributed by atoms with Crippen LogP contribution < -0.4 is 5.73 Å². The van der Waals surface area contributed by atoms with E-state index < -0.39 is 0 Å². The quantitative estimate of drug-likeness (QED) is 0.634. The smallest absolute Gasteiger partial charge is 0.176 e.